The second kappa shape index (κ2) is 7.19. The van der Waals surface area contributed by atoms with Gasteiger partial charge in [-0.2, -0.15) is 5.10 Å². The summed E-state index contributed by atoms with van der Waals surface area (Å²) in [5.74, 6) is 0. The van der Waals surface area contributed by atoms with Crippen molar-refractivity contribution >= 4 is 27.4 Å². The largest absolute Gasteiger partial charge is 0.359 e. The van der Waals surface area contributed by atoms with Crippen LogP contribution < -0.4 is 11.1 Å². The molecule has 0 spiro atoms. The number of nitrogens with one attached hydrogen (secondary N) is 2. The molecular weight excluding hydrogens is 346 g/mol. The zero-order valence-electron chi connectivity index (χ0n) is 14.3. The lowest BCUT2D eigenvalue weighted by molar-refractivity contribution is 0.696. The molecule has 26 heavy (non-hydrogen) atoms. The second-order valence-corrected chi connectivity index (χ2v) is 7.17. The second-order valence-electron chi connectivity index (χ2n) is 6.19. The molecule has 4 N–H and O–H groups in total. The highest BCUT2D eigenvalue weighted by Crippen LogP contribution is 2.29. The maximum atomic E-state index is 6.19. The number of aromatic nitrogens is 5. The molecule has 1 aromatic carbocycles. The Balaban J connectivity index is 1.41. The van der Waals surface area contributed by atoms with Gasteiger partial charge in [0, 0.05) is 35.9 Å². The summed E-state index contributed by atoms with van der Waals surface area (Å²) in [4.78, 5) is 4.11. The molecule has 0 aliphatic heterocycles. The molecule has 0 aliphatic carbocycles. The Labute approximate surface area is 154 Å². The summed E-state index contributed by atoms with van der Waals surface area (Å²) >= 11 is 1.52. The van der Waals surface area contributed by atoms with Gasteiger partial charge in [0.2, 0.25) is 5.13 Å². The van der Waals surface area contributed by atoms with Crippen molar-refractivity contribution in [2.24, 2.45) is 5.73 Å². The van der Waals surface area contributed by atoms with Crippen LogP contribution in [0.4, 0.5) is 5.13 Å². The minimum Gasteiger partial charge on any atom is -0.359 e. The molecule has 7 nitrogen and oxygen atoms in total. The van der Waals surface area contributed by atoms with Crippen molar-refractivity contribution in [3.8, 4) is 10.6 Å². The van der Waals surface area contributed by atoms with Gasteiger partial charge in [-0.15, -0.1) is 10.2 Å². The number of hydrogen-bond donors (Lipinski definition) is 3. The molecule has 0 aliphatic rings. The number of fused-ring (bicyclic) bond motifs is 1. The van der Waals surface area contributed by atoms with Gasteiger partial charge < -0.3 is 11.1 Å². The Morgan fingerprint density at radius 2 is 2.19 bits per heavy atom. The Morgan fingerprint density at radius 1 is 1.27 bits per heavy atom. The molecule has 4 rings (SSSR count). The van der Waals surface area contributed by atoms with Crippen molar-refractivity contribution in [3.05, 3.63) is 54.0 Å². The van der Waals surface area contributed by atoms with Crippen LogP contribution in [0.25, 0.3) is 21.5 Å². The van der Waals surface area contributed by atoms with Gasteiger partial charge in [0.15, 0.2) is 0 Å². The van der Waals surface area contributed by atoms with Crippen molar-refractivity contribution in [3.63, 3.8) is 0 Å². The van der Waals surface area contributed by atoms with Crippen molar-refractivity contribution in [1.82, 2.24) is 25.4 Å². The van der Waals surface area contributed by atoms with Crippen LogP contribution >= 0.6 is 11.3 Å². The van der Waals surface area contributed by atoms with Gasteiger partial charge in [-0.3, -0.25) is 10.1 Å². The first-order valence-electron chi connectivity index (χ1n) is 8.36. The highest BCUT2D eigenvalue weighted by Gasteiger charge is 2.11. The molecule has 1 atom stereocenters. The van der Waals surface area contributed by atoms with Crippen LogP contribution in [-0.2, 0) is 6.42 Å². The van der Waals surface area contributed by atoms with Crippen LogP contribution in [-0.4, -0.2) is 38.0 Å². The molecule has 3 aromatic heterocycles. The Morgan fingerprint density at radius 3 is 3.04 bits per heavy atom. The van der Waals surface area contributed by atoms with E-state index in [2.05, 4.69) is 36.8 Å². The minimum absolute atomic E-state index is 0.0171. The smallest absolute Gasteiger partial charge is 0.206 e. The maximum absolute atomic E-state index is 6.19. The first kappa shape index (κ1) is 16.6. The average Bonchev–Trinajstić information content (AvgIpc) is 3.28. The monoisotopic (exact) mass is 365 g/mol. The van der Waals surface area contributed by atoms with E-state index in [0.29, 0.717) is 6.54 Å². The van der Waals surface area contributed by atoms with Crippen molar-refractivity contribution in [2.45, 2.75) is 19.4 Å². The van der Waals surface area contributed by atoms with Crippen LogP contribution in [0, 0.1) is 6.92 Å². The van der Waals surface area contributed by atoms with Crippen molar-refractivity contribution < 1.29 is 0 Å². The minimum atomic E-state index is -0.0171. The molecule has 0 fully saturated rings. The third-order valence-electron chi connectivity index (χ3n) is 4.16. The number of hydrogen-bond acceptors (Lipinski definition) is 7. The van der Waals surface area contributed by atoms with Crippen LogP contribution in [0.3, 0.4) is 0 Å². The first-order valence-corrected chi connectivity index (χ1v) is 9.17. The van der Waals surface area contributed by atoms with E-state index in [1.165, 1.54) is 11.3 Å². The molecule has 0 unspecified atom stereocenters. The van der Waals surface area contributed by atoms with Gasteiger partial charge in [-0.25, -0.2) is 0 Å². The summed E-state index contributed by atoms with van der Waals surface area (Å²) < 4.78 is 0. The summed E-state index contributed by atoms with van der Waals surface area (Å²) in [5, 5.41) is 21.8. The SMILES string of the molecule is Cc1n[nH]c2ccc(-c3nnc(NC[C@@H](N)Cc4cccnc4)s3)cc12. The van der Waals surface area contributed by atoms with E-state index in [-0.39, 0.29) is 6.04 Å². The van der Waals surface area contributed by atoms with Gasteiger partial charge in [-0.05, 0) is 43.2 Å². The molecule has 0 bridgehead atoms. The number of nitrogens with zero attached hydrogens (tertiary/aromatic N) is 4. The number of aromatic amines is 1. The molecule has 4 aromatic rings. The fraction of sp³-hybridized carbons (Fsp3) is 0.222. The number of anilines is 1. The molecule has 0 radical (unpaired) electrons. The summed E-state index contributed by atoms with van der Waals surface area (Å²) in [5.41, 5.74) is 10.4. The lowest BCUT2D eigenvalue weighted by atomic mass is 10.1. The van der Waals surface area contributed by atoms with E-state index in [1.54, 1.807) is 6.20 Å². The quantitative estimate of drug-likeness (QED) is 0.485. The normalized spacial score (nSPS) is 12.4. The average molecular weight is 365 g/mol. The van der Waals surface area contributed by atoms with Crippen molar-refractivity contribution in [1.29, 1.82) is 0 Å². The topological polar surface area (TPSA) is 105 Å². The predicted octanol–water partition coefficient (Wildman–Crippen LogP) is 2.77. The first-order chi connectivity index (χ1) is 12.7. The summed E-state index contributed by atoms with van der Waals surface area (Å²) in [6.45, 7) is 2.61. The number of pyridine rings is 1. The van der Waals surface area contributed by atoms with Crippen LogP contribution in [0.15, 0.2) is 42.7 Å². The Bertz CT molecular complexity index is 1010. The maximum Gasteiger partial charge on any atom is 0.206 e. The van der Waals surface area contributed by atoms with E-state index in [0.717, 1.165) is 44.3 Å². The third-order valence-corrected chi connectivity index (χ3v) is 5.09. The van der Waals surface area contributed by atoms with Crippen LogP contribution in [0.2, 0.25) is 0 Å². The number of nitrogens with two attached hydrogens (primary N) is 1. The number of H-pyrrole nitrogens is 1. The number of rotatable bonds is 6. The van der Waals surface area contributed by atoms with E-state index >= 15 is 0 Å². The van der Waals surface area contributed by atoms with E-state index in [9.17, 15) is 0 Å². The molecular formula is C18H19N7S. The molecule has 8 heteroatoms. The number of aryl methyl sites for hydroxylation is 1. The highest BCUT2D eigenvalue weighted by atomic mass is 32.1. The summed E-state index contributed by atoms with van der Waals surface area (Å²) in [7, 11) is 0. The molecule has 132 valence electrons. The van der Waals surface area contributed by atoms with Gasteiger partial charge in [0.25, 0.3) is 0 Å². The lowest BCUT2D eigenvalue weighted by Gasteiger charge is -2.11. The Kier molecular flexibility index (Phi) is 4.59. The Hall–Kier alpha value is -2.84. The van der Waals surface area contributed by atoms with E-state index in [4.69, 9.17) is 5.73 Å². The van der Waals surface area contributed by atoms with Crippen LogP contribution in [0.5, 0.6) is 0 Å². The standard InChI is InChI=1S/C18H19N7S/c1-11-15-8-13(4-5-16(15)23-22-11)17-24-25-18(26-17)21-10-14(19)7-12-3-2-6-20-9-12/h2-6,8-9,14H,7,10,19H2,1H3,(H,21,25)(H,22,23)/t14-/m0/s1. The van der Waals surface area contributed by atoms with Crippen LogP contribution in [0.1, 0.15) is 11.3 Å². The van der Waals surface area contributed by atoms with Gasteiger partial charge in [0.1, 0.15) is 5.01 Å². The van der Waals surface area contributed by atoms with Crippen molar-refractivity contribution in [2.75, 3.05) is 11.9 Å². The number of benzene rings is 1. The third kappa shape index (κ3) is 3.56. The molecule has 0 saturated heterocycles. The van der Waals surface area contributed by atoms with Gasteiger partial charge >= 0.3 is 0 Å². The highest BCUT2D eigenvalue weighted by molar-refractivity contribution is 7.18. The lowest BCUT2D eigenvalue weighted by Crippen LogP contribution is -2.31. The predicted molar refractivity (Wildman–Crippen MR) is 104 cm³/mol. The molecule has 0 amide bonds. The summed E-state index contributed by atoms with van der Waals surface area (Å²) in [6, 6.07) is 10.1. The zero-order chi connectivity index (χ0) is 17.9. The fourth-order valence-corrected chi connectivity index (χ4v) is 3.55. The fourth-order valence-electron chi connectivity index (χ4n) is 2.80. The summed E-state index contributed by atoms with van der Waals surface area (Å²) in [6.07, 6.45) is 4.37. The van der Waals surface area contributed by atoms with E-state index < -0.39 is 0 Å². The van der Waals surface area contributed by atoms with E-state index in [1.807, 2.05) is 37.4 Å². The van der Waals surface area contributed by atoms with Gasteiger partial charge in [-0.1, -0.05) is 17.4 Å². The molecule has 3 heterocycles. The zero-order valence-corrected chi connectivity index (χ0v) is 15.1. The molecule has 0 saturated carbocycles. The van der Waals surface area contributed by atoms with Gasteiger partial charge in [0.05, 0.1) is 11.2 Å².